The first-order chi connectivity index (χ1) is 13.1. The largest absolute Gasteiger partial charge is 0.337 e. The standard InChI is InChI=1S/C19H23N5O3.ClH/c25-19(22-11-7-14(8-12-22)15-4-3-10-20-15)16-9-13-23(21-16)17-5-1-2-6-18(17)24(26)27;/h1-2,5-6,9,13-15,20H,3-4,7-8,10-12H2;1H. The predicted molar refractivity (Wildman–Crippen MR) is 107 cm³/mol. The van der Waals surface area contributed by atoms with Crippen molar-refractivity contribution in [3.8, 4) is 5.69 Å². The molecule has 2 fully saturated rings. The van der Waals surface area contributed by atoms with Gasteiger partial charge in [-0.25, -0.2) is 4.68 Å². The van der Waals surface area contributed by atoms with Crippen LogP contribution in [0.25, 0.3) is 5.69 Å². The first-order valence-corrected chi connectivity index (χ1v) is 9.45. The van der Waals surface area contributed by atoms with Gasteiger partial charge in [0.1, 0.15) is 5.69 Å². The van der Waals surface area contributed by atoms with Crippen LogP contribution in [-0.4, -0.2) is 51.2 Å². The normalized spacial score (nSPS) is 20.0. The summed E-state index contributed by atoms with van der Waals surface area (Å²) in [6, 6.07) is 8.61. The van der Waals surface area contributed by atoms with Crippen molar-refractivity contribution in [3.63, 3.8) is 0 Å². The Labute approximate surface area is 169 Å². The van der Waals surface area contributed by atoms with E-state index in [1.807, 2.05) is 4.90 Å². The van der Waals surface area contributed by atoms with Crippen LogP contribution in [0.1, 0.15) is 36.2 Å². The number of rotatable bonds is 4. The molecule has 2 aliphatic heterocycles. The zero-order valence-electron chi connectivity index (χ0n) is 15.5. The minimum Gasteiger partial charge on any atom is -0.337 e. The number of nitro groups is 1. The minimum absolute atomic E-state index is 0. The third-order valence-corrected chi connectivity index (χ3v) is 5.63. The fourth-order valence-corrected chi connectivity index (χ4v) is 4.17. The molecule has 1 aromatic heterocycles. The Kier molecular flexibility index (Phi) is 6.31. The number of halogens is 1. The summed E-state index contributed by atoms with van der Waals surface area (Å²) in [4.78, 5) is 25.4. The summed E-state index contributed by atoms with van der Waals surface area (Å²) in [5.74, 6) is 0.534. The number of piperidine rings is 1. The second kappa shape index (κ2) is 8.70. The molecule has 0 spiro atoms. The first-order valence-electron chi connectivity index (χ1n) is 9.45. The molecule has 1 aromatic carbocycles. The van der Waals surface area contributed by atoms with E-state index in [0.717, 1.165) is 32.5 Å². The molecule has 1 unspecified atom stereocenters. The SMILES string of the molecule is Cl.O=C(c1ccn(-c2ccccc2[N+](=O)[O-])n1)N1CCC(C2CCCN2)CC1. The fourth-order valence-electron chi connectivity index (χ4n) is 4.17. The average molecular weight is 406 g/mol. The topological polar surface area (TPSA) is 93.3 Å². The number of carbonyl (C=O) groups excluding carboxylic acids is 1. The second-order valence-corrected chi connectivity index (χ2v) is 7.22. The lowest BCUT2D eigenvalue weighted by atomic mass is 9.88. The quantitative estimate of drug-likeness (QED) is 0.623. The molecule has 1 N–H and O–H groups in total. The molecule has 1 atom stereocenters. The summed E-state index contributed by atoms with van der Waals surface area (Å²) in [5.41, 5.74) is 0.641. The first kappa shape index (κ1) is 20.3. The van der Waals surface area contributed by atoms with E-state index in [1.165, 1.54) is 23.6 Å². The summed E-state index contributed by atoms with van der Waals surface area (Å²) in [5, 5.41) is 19.1. The lowest BCUT2D eigenvalue weighted by Gasteiger charge is -2.34. The maximum atomic E-state index is 12.8. The molecule has 3 heterocycles. The number of nitrogens with zero attached hydrogens (tertiary/aromatic N) is 4. The van der Waals surface area contributed by atoms with Crippen molar-refractivity contribution in [1.82, 2.24) is 20.0 Å². The number of hydrogen-bond acceptors (Lipinski definition) is 5. The Morgan fingerprint density at radius 3 is 2.61 bits per heavy atom. The van der Waals surface area contributed by atoms with E-state index < -0.39 is 4.92 Å². The fraction of sp³-hybridized carbons (Fsp3) is 0.474. The van der Waals surface area contributed by atoms with E-state index in [2.05, 4.69) is 10.4 Å². The van der Waals surface area contributed by atoms with Crippen LogP contribution in [0, 0.1) is 16.0 Å². The summed E-state index contributed by atoms with van der Waals surface area (Å²) in [6.45, 7) is 2.58. The predicted octanol–water partition coefficient (Wildman–Crippen LogP) is 2.81. The summed E-state index contributed by atoms with van der Waals surface area (Å²) in [6.07, 6.45) is 6.10. The molecule has 2 aromatic rings. The van der Waals surface area contributed by atoms with Gasteiger partial charge in [-0.3, -0.25) is 14.9 Å². The zero-order chi connectivity index (χ0) is 18.8. The zero-order valence-corrected chi connectivity index (χ0v) is 16.3. The van der Waals surface area contributed by atoms with Gasteiger partial charge in [0.15, 0.2) is 5.69 Å². The van der Waals surface area contributed by atoms with E-state index in [-0.39, 0.29) is 24.0 Å². The van der Waals surface area contributed by atoms with Crippen LogP contribution in [-0.2, 0) is 0 Å². The van der Waals surface area contributed by atoms with Crippen LogP contribution in [0.5, 0.6) is 0 Å². The lowest BCUT2D eigenvalue weighted by Crippen LogP contribution is -2.43. The molecular weight excluding hydrogens is 382 g/mol. The number of benzene rings is 1. The Bertz CT molecular complexity index is 842. The number of nitro benzene ring substituents is 1. The lowest BCUT2D eigenvalue weighted by molar-refractivity contribution is -0.384. The Morgan fingerprint density at radius 1 is 1.18 bits per heavy atom. The molecule has 0 radical (unpaired) electrons. The van der Waals surface area contributed by atoms with Gasteiger partial charge in [0, 0.05) is 31.4 Å². The van der Waals surface area contributed by atoms with Gasteiger partial charge in [-0.05, 0) is 50.3 Å². The molecule has 9 heteroatoms. The molecule has 28 heavy (non-hydrogen) atoms. The Balaban J connectivity index is 0.00000225. The van der Waals surface area contributed by atoms with Crippen molar-refractivity contribution in [2.45, 2.75) is 31.7 Å². The van der Waals surface area contributed by atoms with Crippen LogP contribution in [0.2, 0.25) is 0 Å². The summed E-state index contributed by atoms with van der Waals surface area (Å²) < 4.78 is 1.40. The highest BCUT2D eigenvalue weighted by atomic mass is 35.5. The van der Waals surface area contributed by atoms with Crippen molar-refractivity contribution in [2.75, 3.05) is 19.6 Å². The molecular formula is C19H24ClN5O3. The van der Waals surface area contributed by atoms with E-state index in [9.17, 15) is 14.9 Å². The van der Waals surface area contributed by atoms with E-state index >= 15 is 0 Å². The molecule has 2 saturated heterocycles. The Hall–Kier alpha value is -2.45. The van der Waals surface area contributed by atoms with Gasteiger partial charge in [0.25, 0.3) is 11.6 Å². The Morgan fingerprint density at radius 2 is 1.93 bits per heavy atom. The number of hydrogen-bond donors (Lipinski definition) is 1. The third kappa shape index (κ3) is 4.02. The molecule has 2 aliphatic rings. The number of nitrogens with one attached hydrogen (secondary N) is 1. The third-order valence-electron chi connectivity index (χ3n) is 5.63. The van der Waals surface area contributed by atoms with Crippen LogP contribution < -0.4 is 5.32 Å². The van der Waals surface area contributed by atoms with Crippen molar-refractivity contribution in [3.05, 3.63) is 52.3 Å². The molecule has 1 amide bonds. The van der Waals surface area contributed by atoms with Gasteiger partial charge in [0.05, 0.1) is 4.92 Å². The van der Waals surface area contributed by atoms with Gasteiger partial charge in [0.2, 0.25) is 0 Å². The number of likely N-dealkylation sites (tertiary alicyclic amines) is 1. The van der Waals surface area contributed by atoms with Gasteiger partial charge >= 0.3 is 0 Å². The highest BCUT2D eigenvalue weighted by Crippen LogP contribution is 2.26. The maximum absolute atomic E-state index is 12.8. The van der Waals surface area contributed by atoms with Crippen LogP contribution >= 0.6 is 12.4 Å². The molecule has 4 rings (SSSR count). The minimum atomic E-state index is -0.444. The smallest absolute Gasteiger partial charge is 0.294 e. The summed E-state index contributed by atoms with van der Waals surface area (Å²) in [7, 11) is 0. The van der Waals surface area contributed by atoms with Crippen LogP contribution in [0.4, 0.5) is 5.69 Å². The van der Waals surface area contributed by atoms with Gasteiger partial charge in [-0.1, -0.05) is 12.1 Å². The van der Waals surface area contributed by atoms with Gasteiger partial charge in [-0.15, -0.1) is 12.4 Å². The molecule has 150 valence electrons. The number of para-hydroxylation sites is 2. The summed E-state index contributed by atoms with van der Waals surface area (Å²) >= 11 is 0. The van der Waals surface area contributed by atoms with Crippen molar-refractivity contribution in [1.29, 1.82) is 0 Å². The molecule has 0 bridgehead atoms. The van der Waals surface area contributed by atoms with Gasteiger partial charge in [-0.2, -0.15) is 5.10 Å². The second-order valence-electron chi connectivity index (χ2n) is 7.22. The highest BCUT2D eigenvalue weighted by Gasteiger charge is 2.31. The molecule has 0 aliphatic carbocycles. The number of amides is 1. The molecule has 8 nitrogen and oxygen atoms in total. The number of carbonyl (C=O) groups is 1. The maximum Gasteiger partial charge on any atom is 0.294 e. The van der Waals surface area contributed by atoms with E-state index in [4.69, 9.17) is 0 Å². The number of aromatic nitrogens is 2. The average Bonchev–Trinajstić information content (AvgIpc) is 3.40. The van der Waals surface area contributed by atoms with E-state index in [0.29, 0.717) is 23.3 Å². The van der Waals surface area contributed by atoms with Crippen LogP contribution in [0.15, 0.2) is 36.5 Å². The monoisotopic (exact) mass is 405 g/mol. The van der Waals surface area contributed by atoms with E-state index in [1.54, 1.807) is 30.5 Å². The van der Waals surface area contributed by atoms with Gasteiger partial charge < -0.3 is 10.2 Å². The highest BCUT2D eigenvalue weighted by molar-refractivity contribution is 5.92. The van der Waals surface area contributed by atoms with Crippen molar-refractivity contribution >= 4 is 24.0 Å². The van der Waals surface area contributed by atoms with Crippen molar-refractivity contribution in [2.24, 2.45) is 5.92 Å². The van der Waals surface area contributed by atoms with Crippen LogP contribution in [0.3, 0.4) is 0 Å². The molecule has 0 saturated carbocycles. The van der Waals surface area contributed by atoms with Crippen molar-refractivity contribution < 1.29 is 9.72 Å².